The fourth-order valence-corrected chi connectivity index (χ4v) is 3.36. The predicted octanol–water partition coefficient (Wildman–Crippen LogP) is 2.15. The van der Waals surface area contributed by atoms with Gasteiger partial charge >= 0.3 is 6.03 Å². The summed E-state index contributed by atoms with van der Waals surface area (Å²) in [5.41, 5.74) is 1.07. The Morgan fingerprint density at radius 1 is 1.29 bits per heavy atom. The number of carbonyl (C=O) groups excluding carboxylic acids is 1. The number of hydrogen-bond acceptors (Lipinski definition) is 3. The van der Waals surface area contributed by atoms with E-state index in [1.54, 1.807) is 0 Å². The summed E-state index contributed by atoms with van der Waals surface area (Å²) in [4.78, 5) is 14.3. The second-order valence-electron chi connectivity index (χ2n) is 6.57. The molecule has 0 saturated carbocycles. The molecule has 1 aliphatic rings. The molecule has 1 fully saturated rings. The maximum Gasteiger partial charge on any atom is 0.314 e. The lowest BCUT2D eigenvalue weighted by Crippen LogP contribution is -2.46. The third kappa shape index (κ3) is 6.49. The van der Waals surface area contributed by atoms with Crippen molar-refractivity contribution in [2.75, 3.05) is 26.2 Å². The second kappa shape index (κ2) is 10.3. The van der Waals surface area contributed by atoms with Crippen molar-refractivity contribution >= 4 is 6.03 Å². The molecule has 0 aromatic heterocycles. The largest absolute Gasteiger partial charge is 0.391 e. The molecule has 0 spiro atoms. The summed E-state index contributed by atoms with van der Waals surface area (Å²) in [5, 5.41) is 15.6. The summed E-state index contributed by atoms with van der Waals surface area (Å²) < 4.78 is 0. The molecule has 1 aromatic rings. The topological polar surface area (TPSA) is 64.6 Å². The molecular weight excluding hydrogens is 302 g/mol. The Labute approximate surface area is 145 Å². The van der Waals surface area contributed by atoms with E-state index < -0.39 is 6.10 Å². The Hall–Kier alpha value is -1.59. The Morgan fingerprint density at radius 2 is 2.08 bits per heavy atom. The van der Waals surface area contributed by atoms with Crippen LogP contribution in [0, 0.1) is 0 Å². The molecular formula is C19H31N3O2. The van der Waals surface area contributed by atoms with Crippen LogP contribution in [0.15, 0.2) is 30.3 Å². The highest BCUT2D eigenvalue weighted by Crippen LogP contribution is 2.18. The number of benzene rings is 1. The Morgan fingerprint density at radius 3 is 2.83 bits per heavy atom. The summed E-state index contributed by atoms with van der Waals surface area (Å²) in [6.07, 6.45) is 5.01. The first-order valence-electron chi connectivity index (χ1n) is 9.16. The van der Waals surface area contributed by atoms with E-state index in [2.05, 4.69) is 22.5 Å². The van der Waals surface area contributed by atoms with Crippen LogP contribution < -0.4 is 10.6 Å². The zero-order valence-corrected chi connectivity index (χ0v) is 14.7. The first kappa shape index (κ1) is 18.7. The van der Waals surface area contributed by atoms with E-state index in [1.165, 1.54) is 25.7 Å². The molecule has 0 aliphatic carbocycles. The van der Waals surface area contributed by atoms with Crippen LogP contribution in [0.2, 0.25) is 0 Å². The zero-order valence-electron chi connectivity index (χ0n) is 14.7. The van der Waals surface area contributed by atoms with Crippen molar-refractivity contribution in [1.29, 1.82) is 0 Å². The first-order valence-corrected chi connectivity index (χ1v) is 9.16. The second-order valence-corrected chi connectivity index (χ2v) is 6.57. The van der Waals surface area contributed by atoms with E-state index in [4.69, 9.17) is 0 Å². The molecule has 1 aliphatic heterocycles. The number of nitrogens with one attached hydrogen (secondary N) is 2. The number of rotatable bonds is 8. The standard InChI is InChI=1S/C19H31N3O2/c1-2-17-10-6-7-12-22(17)13-11-20-19(24)21-15-18(23)14-16-8-4-3-5-9-16/h3-5,8-9,17-18,23H,2,6-7,10-15H2,1H3,(H2,20,21,24). The van der Waals surface area contributed by atoms with E-state index in [0.29, 0.717) is 19.0 Å². The lowest BCUT2D eigenvalue weighted by Gasteiger charge is -2.35. The van der Waals surface area contributed by atoms with Crippen molar-refractivity contribution in [1.82, 2.24) is 15.5 Å². The highest BCUT2D eigenvalue weighted by Gasteiger charge is 2.20. The van der Waals surface area contributed by atoms with Crippen molar-refractivity contribution in [3.05, 3.63) is 35.9 Å². The van der Waals surface area contributed by atoms with Crippen molar-refractivity contribution < 1.29 is 9.90 Å². The average Bonchev–Trinajstić information content (AvgIpc) is 2.61. The van der Waals surface area contributed by atoms with Gasteiger partial charge in [-0.3, -0.25) is 4.90 Å². The van der Waals surface area contributed by atoms with Gasteiger partial charge in [0.1, 0.15) is 0 Å². The van der Waals surface area contributed by atoms with E-state index >= 15 is 0 Å². The van der Waals surface area contributed by atoms with Crippen molar-refractivity contribution in [2.24, 2.45) is 0 Å². The molecule has 2 amide bonds. The van der Waals surface area contributed by atoms with Crippen LogP contribution in [0.3, 0.4) is 0 Å². The van der Waals surface area contributed by atoms with E-state index in [0.717, 1.165) is 18.7 Å². The summed E-state index contributed by atoms with van der Waals surface area (Å²) in [6.45, 7) is 5.19. The third-order valence-electron chi connectivity index (χ3n) is 4.72. The molecule has 134 valence electrons. The maximum atomic E-state index is 11.8. The highest BCUT2D eigenvalue weighted by atomic mass is 16.3. The molecule has 5 heteroatoms. The molecule has 0 radical (unpaired) electrons. The molecule has 5 nitrogen and oxygen atoms in total. The van der Waals surface area contributed by atoms with Crippen molar-refractivity contribution in [3.63, 3.8) is 0 Å². The van der Waals surface area contributed by atoms with Gasteiger partial charge in [0.25, 0.3) is 0 Å². The van der Waals surface area contributed by atoms with Gasteiger partial charge in [-0.2, -0.15) is 0 Å². The minimum Gasteiger partial charge on any atom is -0.391 e. The van der Waals surface area contributed by atoms with E-state index in [1.807, 2.05) is 30.3 Å². The monoisotopic (exact) mass is 333 g/mol. The van der Waals surface area contributed by atoms with E-state index in [-0.39, 0.29) is 12.6 Å². The number of hydrogen-bond donors (Lipinski definition) is 3. The predicted molar refractivity (Wildman–Crippen MR) is 97.1 cm³/mol. The quantitative estimate of drug-likeness (QED) is 0.683. The zero-order chi connectivity index (χ0) is 17.2. The van der Waals surface area contributed by atoms with Gasteiger partial charge in [0.2, 0.25) is 0 Å². The average molecular weight is 333 g/mol. The summed E-state index contributed by atoms with van der Waals surface area (Å²) in [5.74, 6) is 0. The van der Waals surface area contributed by atoms with Crippen LogP contribution in [-0.4, -0.2) is 54.4 Å². The molecule has 1 saturated heterocycles. The molecule has 3 N–H and O–H groups in total. The molecule has 0 bridgehead atoms. The van der Waals surface area contributed by atoms with Gasteiger partial charge < -0.3 is 15.7 Å². The normalized spacial score (nSPS) is 19.7. The third-order valence-corrected chi connectivity index (χ3v) is 4.72. The number of aliphatic hydroxyl groups is 1. The number of piperidine rings is 1. The Kier molecular flexibility index (Phi) is 8.05. The van der Waals surface area contributed by atoms with Crippen LogP contribution in [-0.2, 0) is 6.42 Å². The van der Waals surface area contributed by atoms with Gasteiger partial charge in [-0.15, -0.1) is 0 Å². The molecule has 2 unspecified atom stereocenters. The van der Waals surface area contributed by atoms with Gasteiger partial charge in [0, 0.05) is 32.1 Å². The fraction of sp³-hybridized carbons (Fsp3) is 0.632. The summed E-state index contributed by atoms with van der Waals surface area (Å²) in [6, 6.07) is 10.3. The van der Waals surface area contributed by atoms with Gasteiger partial charge in [0.05, 0.1) is 6.10 Å². The minimum absolute atomic E-state index is 0.202. The van der Waals surface area contributed by atoms with Gasteiger partial charge in [0.15, 0.2) is 0 Å². The molecule has 24 heavy (non-hydrogen) atoms. The number of likely N-dealkylation sites (tertiary alicyclic amines) is 1. The van der Waals surface area contributed by atoms with Crippen LogP contribution in [0.5, 0.6) is 0 Å². The Balaban J connectivity index is 1.59. The van der Waals surface area contributed by atoms with Crippen LogP contribution in [0.4, 0.5) is 4.79 Å². The SMILES string of the molecule is CCC1CCCCN1CCNC(=O)NCC(O)Cc1ccccc1. The molecule has 1 aromatic carbocycles. The summed E-state index contributed by atoms with van der Waals surface area (Å²) in [7, 11) is 0. The highest BCUT2D eigenvalue weighted by molar-refractivity contribution is 5.73. The van der Waals surface area contributed by atoms with E-state index in [9.17, 15) is 9.90 Å². The maximum absolute atomic E-state index is 11.8. The minimum atomic E-state index is -0.565. The lowest BCUT2D eigenvalue weighted by atomic mass is 10.0. The lowest BCUT2D eigenvalue weighted by molar-refractivity contribution is 0.144. The van der Waals surface area contributed by atoms with Crippen molar-refractivity contribution in [2.45, 2.75) is 51.2 Å². The van der Waals surface area contributed by atoms with Gasteiger partial charge in [-0.1, -0.05) is 43.7 Å². The van der Waals surface area contributed by atoms with Crippen LogP contribution >= 0.6 is 0 Å². The van der Waals surface area contributed by atoms with Crippen LogP contribution in [0.1, 0.15) is 38.2 Å². The number of amides is 2. The molecule has 2 atom stereocenters. The first-order chi connectivity index (χ1) is 11.7. The smallest absolute Gasteiger partial charge is 0.314 e. The number of urea groups is 1. The van der Waals surface area contributed by atoms with Gasteiger partial charge in [-0.05, 0) is 31.4 Å². The van der Waals surface area contributed by atoms with Crippen molar-refractivity contribution in [3.8, 4) is 0 Å². The Bertz CT molecular complexity index is 481. The molecule has 2 rings (SSSR count). The molecule has 1 heterocycles. The summed E-state index contributed by atoms with van der Waals surface area (Å²) >= 11 is 0. The van der Waals surface area contributed by atoms with Gasteiger partial charge in [-0.25, -0.2) is 4.79 Å². The van der Waals surface area contributed by atoms with Crippen LogP contribution in [0.25, 0.3) is 0 Å². The number of carbonyl (C=O) groups is 1. The number of nitrogens with zero attached hydrogens (tertiary/aromatic N) is 1. The number of aliphatic hydroxyl groups excluding tert-OH is 1. The fourth-order valence-electron chi connectivity index (χ4n) is 3.36.